The summed E-state index contributed by atoms with van der Waals surface area (Å²) in [6.45, 7) is 12.1. The normalized spacial score (nSPS) is 27.4. The minimum Gasteiger partial charge on any atom is -0.0754 e. The molecular formula is C55H56. The highest BCUT2D eigenvalue weighted by Crippen LogP contribution is 2.53. The Bertz CT molecular complexity index is 2600. The van der Waals surface area contributed by atoms with E-state index < -0.39 is 0 Å². The smallest absolute Gasteiger partial charge is 0.0155 e. The van der Waals surface area contributed by atoms with Crippen LogP contribution in [-0.4, -0.2) is 0 Å². The third-order valence-corrected chi connectivity index (χ3v) is 15.4. The van der Waals surface area contributed by atoms with Gasteiger partial charge in [0.1, 0.15) is 0 Å². The van der Waals surface area contributed by atoms with Crippen molar-refractivity contribution in [1.29, 1.82) is 0 Å². The Hall–Kier alpha value is -4.42. The van der Waals surface area contributed by atoms with Crippen molar-refractivity contribution in [2.24, 2.45) is 23.2 Å². The summed E-state index contributed by atoms with van der Waals surface area (Å²) < 4.78 is 0. The van der Waals surface area contributed by atoms with Gasteiger partial charge < -0.3 is 0 Å². The van der Waals surface area contributed by atoms with E-state index in [9.17, 15) is 0 Å². The summed E-state index contributed by atoms with van der Waals surface area (Å²) in [5, 5.41) is 5.98. The highest BCUT2D eigenvalue weighted by atomic mass is 14.4. The molecule has 8 aliphatic rings. The molecule has 55 heavy (non-hydrogen) atoms. The molecule has 0 N–H and O–H groups in total. The van der Waals surface area contributed by atoms with E-state index >= 15 is 0 Å². The van der Waals surface area contributed by atoms with Gasteiger partial charge in [-0.15, -0.1) is 0 Å². The zero-order valence-electron chi connectivity index (χ0n) is 33.7. The second-order valence-electron chi connectivity index (χ2n) is 19.9. The van der Waals surface area contributed by atoms with Crippen molar-refractivity contribution in [2.75, 3.05) is 0 Å². The number of fused-ring (bicyclic) bond motifs is 4. The van der Waals surface area contributed by atoms with E-state index in [2.05, 4.69) is 138 Å². The van der Waals surface area contributed by atoms with Gasteiger partial charge in [0.2, 0.25) is 0 Å². The number of benzene rings is 3. The van der Waals surface area contributed by atoms with E-state index in [0.29, 0.717) is 29.1 Å². The molecule has 0 heterocycles. The minimum absolute atomic E-state index is 0.0965. The standard InChI is InChI=1S/C55H56/c1-54(2,3)45-30-43-19-10-33-20-23-46(49-25-22-44(31-45)52(43)53(33)49)42-18-17-38-27-36(14-16-40(38)29-42)34-11-12-37-28-39(15-13-35(37)26-34)41-21-24-48-47-8-6-7-9-50(47)55(4,5)51(48)32-41/h6-12,17-20,23,25,27-28,30,32,35,40,44-45H,13-16,21-22,24,26,29,31H2,1-5H3. The highest BCUT2D eigenvalue weighted by Gasteiger charge is 2.39. The topological polar surface area (TPSA) is 0 Å². The first-order chi connectivity index (χ1) is 26.6. The van der Waals surface area contributed by atoms with Crippen LogP contribution in [0, 0.1) is 23.2 Å². The molecule has 4 atom stereocenters. The van der Waals surface area contributed by atoms with Gasteiger partial charge in [-0.1, -0.05) is 138 Å². The molecule has 0 bridgehead atoms. The van der Waals surface area contributed by atoms with Gasteiger partial charge in [0.25, 0.3) is 0 Å². The number of rotatable bonds is 3. The Morgan fingerprint density at radius 1 is 0.636 bits per heavy atom. The molecule has 0 spiro atoms. The third kappa shape index (κ3) is 5.37. The van der Waals surface area contributed by atoms with E-state index in [1.807, 2.05) is 0 Å². The molecule has 0 saturated carbocycles. The van der Waals surface area contributed by atoms with Gasteiger partial charge in [0.05, 0.1) is 0 Å². The molecule has 0 aliphatic heterocycles. The van der Waals surface area contributed by atoms with Gasteiger partial charge in [-0.25, -0.2) is 0 Å². The van der Waals surface area contributed by atoms with Gasteiger partial charge in [-0.3, -0.25) is 0 Å². The molecule has 4 unspecified atom stereocenters. The maximum atomic E-state index is 2.61. The van der Waals surface area contributed by atoms with E-state index in [1.165, 1.54) is 95.9 Å². The van der Waals surface area contributed by atoms with Crippen molar-refractivity contribution >= 4 is 34.1 Å². The fourth-order valence-electron chi connectivity index (χ4n) is 12.2. The van der Waals surface area contributed by atoms with E-state index in [0.717, 1.165) is 6.42 Å². The van der Waals surface area contributed by atoms with Gasteiger partial charge in [-0.05, 0) is 187 Å². The Kier molecular flexibility index (Phi) is 7.57. The monoisotopic (exact) mass is 716 g/mol. The zero-order valence-corrected chi connectivity index (χ0v) is 33.7. The molecule has 3 aromatic rings. The highest BCUT2D eigenvalue weighted by molar-refractivity contribution is 5.93. The molecule has 0 amide bonds. The maximum absolute atomic E-state index is 2.61. The molecule has 0 nitrogen and oxygen atoms in total. The van der Waals surface area contributed by atoms with Gasteiger partial charge >= 0.3 is 0 Å². The average Bonchev–Trinajstić information content (AvgIpc) is 3.44. The third-order valence-electron chi connectivity index (χ3n) is 15.4. The molecule has 276 valence electrons. The van der Waals surface area contributed by atoms with Gasteiger partial charge in [0, 0.05) is 5.41 Å². The van der Waals surface area contributed by atoms with Crippen molar-refractivity contribution in [2.45, 2.75) is 110 Å². The summed E-state index contributed by atoms with van der Waals surface area (Å²) in [7, 11) is 0. The molecule has 8 aliphatic carbocycles. The van der Waals surface area contributed by atoms with Crippen molar-refractivity contribution in [1.82, 2.24) is 0 Å². The van der Waals surface area contributed by atoms with Crippen LogP contribution >= 0.6 is 0 Å². The van der Waals surface area contributed by atoms with Crippen molar-refractivity contribution < 1.29 is 0 Å². The largest absolute Gasteiger partial charge is 0.0754 e. The molecule has 0 saturated heterocycles. The van der Waals surface area contributed by atoms with Crippen LogP contribution in [0.1, 0.15) is 127 Å². The van der Waals surface area contributed by atoms with Crippen LogP contribution in [-0.2, 0) is 5.41 Å². The Labute approximate surface area is 328 Å². The average molecular weight is 717 g/mol. The lowest BCUT2D eigenvalue weighted by Crippen LogP contribution is -2.33. The number of hydrogen-bond donors (Lipinski definition) is 0. The Balaban J connectivity index is 0.862. The van der Waals surface area contributed by atoms with Gasteiger partial charge in [-0.2, -0.15) is 0 Å². The van der Waals surface area contributed by atoms with Crippen LogP contribution in [0.2, 0.25) is 0 Å². The zero-order chi connectivity index (χ0) is 37.2. The summed E-state index contributed by atoms with van der Waals surface area (Å²) in [5.74, 6) is 2.57. The molecule has 3 aromatic carbocycles. The van der Waals surface area contributed by atoms with Crippen LogP contribution in [0.5, 0.6) is 0 Å². The van der Waals surface area contributed by atoms with Gasteiger partial charge in [0.15, 0.2) is 0 Å². The fourth-order valence-corrected chi connectivity index (χ4v) is 12.2. The Morgan fingerprint density at radius 3 is 2.11 bits per heavy atom. The van der Waals surface area contributed by atoms with Crippen molar-refractivity contribution in [3.8, 4) is 0 Å². The fraction of sp³-hybridized carbons (Fsp3) is 0.382. The van der Waals surface area contributed by atoms with Crippen LogP contribution in [0.25, 0.3) is 34.1 Å². The second kappa shape index (κ2) is 12.3. The van der Waals surface area contributed by atoms with Crippen LogP contribution < -0.4 is 10.4 Å². The first-order valence-electron chi connectivity index (χ1n) is 21.7. The van der Waals surface area contributed by atoms with E-state index in [4.69, 9.17) is 0 Å². The predicted molar refractivity (Wildman–Crippen MR) is 234 cm³/mol. The summed E-state index contributed by atoms with van der Waals surface area (Å²) in [4.78, 5) is 0. The molecular weight excluding hydrogens is 661 g/mol. The van der Waals surface area contributed by atoms with Crippen LogP contribution in [0.15, 0.2) is 130 Å². The first kappa shape index (κ1) is 33.9. The maximum Gasteiger partial charge on any atom is 0.0155 e. The quantitative estimate of drug-likeness (QED) is 0.253. The number of allylic oxidation sites excluding steroid dienone is 16. The summed E-state index contributed by atoms with van der Waals surface area (Å²) >= 11 is 0. The van der Waals surface area contributed by atoms with Crippen molar-refractivity contribution in [3.05, 3.63) is 163 Å². The van der Waals surface area contributed by atoms with E-state index in [1.54, 1.807) is 55.5 Å². The van der Waals surface area contributed by atoms with E-state index in [-0.39, 0.29) is 5.41 Å². The molecule has 0 heteroatoms. The molecule has 11 rings (SSSR count). The lowest BCUT2D eigenvalue weighted by atomic mass is 9.68. The second-order valence-corrected chi connectivity index (χ2v) is 19.9. The summed E-state index contributed by atoms with van der Waals surface area (Å²) in [6.07, 6.45) is 35.0. The molecule has 0 radical (unpaired) electrons. The molecule has 0 fully saturated rings. The van der Waals surface area contributed by atoms with Crippen molar-refractivity contribution in [3.63, 3.8) is 0 Å². The minimum atomic E-state index is 0.0965. The van der Waals surface area contributed by atoms with Crippen LogP contribution in [0.3, 0.4) is 0 Å². The van der Waals surface area contributed by atoms with Crippen LogP contribution in [0.4, 0.5) is 0 Å². The summed E-state index contributed by atoms with van der Waals surface area (Å²) in [6, 6.07) is 18.8. The Morgan fingerprint density at radius 2 is 1.33 bits per heavy atom. The SMILES string of the molecule is CC1(C)C2=C(CCC(C3=CC4=CC=C(C5=CC6=CC=C(c7ccc8ccc9c%10c8c7=CCC%10CC(C(C)(C)C)C=9)CC6CC5)CC4CC3)=C2)c2ccccc21. The summed E-state index contributed by atoms with van der Waals surface area (Å²) in [5.41, 5.74) is 20.7. The lowest BCUT2D eigenvalue weighted by molar-refractivity contribution is 0.274. The number of hydrogen-bond acceptors (Lipinski definition) is 0. The first-order valence-corrected chi connectivity index (χ1v) is 21.7. The predicted octanol–water partition coefficient (Wildman–Crippen LogP) is 13.1. The lowest BCUT2D eigenvalue weighted by Gasteiger charge is -2.37. The molecule has 0 aromatic heterocycles.